The van der Waals surface area contributed by atoms with Crippen LogP contribution in [0.15, 0.2) is 18.2 Å². The van der Waals surface area contributed by atoms with Gasteiger partial charge in [0, 0.05) is 37.4 Å². The van der Waals surface area contributed by atoms with E-state index in [2.05, 4.69) is 17.1 Å². The second-order valence-corrected chi connectivity index (χ2v) is 5.21. The Bertz CT molecular complexity index is 444. The van der Waals surface area contributed by atoms with Crippen LogP contribution in [0.3, 0.4) is 0 Å². The molecule has 1 aliphatic heterocycles. The predicted molar refractivity (Wildman–Crippen MR) is 82.8 cm³/mol. The van der Waals surface area contributed by atoms with E-state index in [1.807, 2.05) is 18.2 Å². The minimum atomic E-state index is 0.447. The van der Waals surface area contributed by atoms with Crippen LogP contribution in [0.4, 0.5) is 5.69 Å². The average Bonchev–Trinajstić information content (AvgIpc) is 2.41. The van der Waals surface area contributed by atoms with Gasteiger partial charge in [0.05, 0.1) is 13.2 Å². The molecule has 1 aromatic carbocycles. The van der Waals surface area contributed by atoms with Gasteiger partial charge in [-0.1, -0.05) is 12.2 Å². The largest absolute Gasteiger partial charge is 0.389 e. The van der Waals surface area contributed by atoms with Crippen molar-refractivity contribution >= 4 is 22.9 Å². The highest BCUT2D eigenvalue weighted by Gasteiger charge is 2.09. The second kappa shape index (κ2) is 6.84. The molecular weight excluding hydrogens is 258 g/mol. The van der Waals surface area contributed by atoms with Gasteiger partial charge in [-0.3, -0.25) is 4.90 Å². The van der Waals surface area contributed by atoms with Gasteiger partial charge in [-0.25, -0.2) is 0 Å². The van der Waals surface area contributed by atoms with E-state index in [1.165, 1.54) is 5.56 Å². The lowest BCUT2D eigenvalue weighted by atomic mass is 10.1. The van der Waals surface area contributed by atoms with Crippen molar-refractivity contribution in [1.82, 2.24) is 4.90 Å². The number of anilines is 1. The van der Waals surface area contributed by atoms with Crippen LogP contribution in [0.5, 0.6) is 0 Å². The lowest BCUT2D eigenvalue weighted by Crippen LogP contribution is -2.39. The minimum Gasteiger partial charge on any atom is -0.389 e. The van der Waals surface area contributed by atoms with Crippen molar-refractivity contribution in [1.29, 1.82) is 0 Å². The Balaban J connectivity index is 1.83. The van der Waals surface area contributed by atoms with Crippen LogP contribution < -0.4 is 11.1 Å². The molecule has 1 aliphatic rings. The summed E-state index contributed by atoms with van der Waals surface area (Å²) >= 11 is 4.98. The van der Waals surface area contributed by atoms with Crippen molar-refractivity contribution in [3.05, 3.63) is 29.3 Å². The summed E-state index contributed by atoms with van der Waals surface area (Å²) in [6.07, 6.45) is 0. The molecule has 19 heavy (non-hydrogen) atoms. The number of aryl methyl sites for hydroxylation is 1. The zero-order valence-electron chi connectivity index (χ0n) is 11.3. The van der Waals surface area contributed by atoms with Crippen LogP contribution in [0.1, 0.15) is 11.1 Å². The monoisotopic (exact) mass is 279 g/mol. The molecule has 2 rings (SSSR count). The summed E-state index contributed by atoms with van der Waals surface area (Å²) in [6, 6.07) is 6.04. The fourth-order valence-corrected chi connectivity index (χ4v) is 2.32. The number of nitrogens with two attached hydrogens (primary N) is 1. The third-order valence-corrected chi connectivity index (χ3v) is 3.59. The fourth-order valence-electron chi connectivity index (χ4n) is 2.19. The molecule has 0 atom stereocenters. The van der Waals surface area contributed by atoms with E-state index in [4.69, 9.17) is 22.7 Å². The SMILES string of the molecule is Cc1cc(C(N)=S)ccc1NCCN1CCOCC1. The number of rotatable bonds is 5. The molecule has 4 nitrogen and oxygen atoms in total. The van der Waals surface area contributed by atoms with Gasteiger partial charge in [0.1, 0.15) is 4.99 Å². The first-order chi connectivity index (χ1) is 9.16. The minimum absolute atomic E-state index is 0.447. The summed E-state index contributed by atoms with van der Waals surface area (Å²) in [6.45, 7) is 7.80. The second-order valence-electron chi connectivity index (χ2n) is 4.77. The Morgan fingerprint density at radius 2 is 2.16 bits per heavy atom. The smallest absolute Gasteiger partial charge is 0.103 e. The molecule has 0 aromatic heterocycles. The van der Waals surface area contributed by atoms with Gasteiger partial charge in [-0.2, -0.15) is 0 Å². The molecule has 0 amide bonds. The van der Waals surface area contributed by atoms with E-state index in [1.54, 1.807) is 0 Å². The van der Waals surface area contributed by atoms with Crippen molar-refractivity contribution in [2.45, 2.75) is 6.92 Å². The maximum Gasteiger partial charge on any atom is 0.103 e. The maximum atomic E-state index is 5.62. The molecule has 0 unspecified atom stereocenters. The molecule has 5 heteroatoms. The van der Waals surface area contributed by atoms with E-state index in [0.29, 0.717) is 4.99 Å². The standard InChI is InChI=1S/C14H21N3OS/c1-11-10-12(14(15)19)2-3-13(11)16-4-5-17-6-8-18-9-7-17/h2-3,10,16H,4-9H2,1H3,(H2,15,19). The fraction of sp³-hybridized carbons (Fsp3) is 0.500. The van der Waals surface area contributed by atoms with Crippen molar-refractivity contribution in [3.63, 3.8) is 0 Å². The highest BCUT2D eigenvalue weighted by Crippen LogP contribution is 2.16. The van der Waals surface area contributed by atoms with Crippen molar-refractivity contribution in [2.24, 2.45) is 5.73 Å². The van der Waals surface area contributed by atoms with Crippen LogP contribution in [-0.4, -0.2) is 49.3 Å². The molecule has 0 saturated carbocycles. The molecular formula is C14H21N3OS. The molecule has 104 valence electrons. The lowest BCUT2D eigenvalue weighted by Gasteiger charge is -2.26. The van der Waals surface area contributed by atoms with Gasteiger partial charge < -0.3 is 15.8 Å². The van der Waals surface area contributed by atoms with E-state index in [-0.39, 0.29) is 0 Å². The number of morpholine rings is 1. The van der Waals surface area contributed by atoms with Crippen molar-refractivity contribution < 1.29 is 4.74 Å². The number of nitrogens with zero attached hydrogens (tertiary/aromatic N) is 1. The van der Waals surface area contributed by atoms with E-state index in [9.17, 15) is 0 Å². The summed E-state index contributed by atoms with van der Waals surface area (Å²) in [5, 5.41) is 3.46. The predicted octanol–water partition coefficient (Wildman–Crippen LogP) is 1.37. The number of ether oxygens (including phenoxy) is 1. The molecule has 3 N–H and O–H groups in total. The third kappa shape index (κ3) is 4.16. The van der Waals surface area contributed by atoms with Crippen LogP contribution in [0, 0.1) is 6.92 Å². The summed E-state index contributed by atoms with van der Waals surface area (Å²) in [4.78, 5) is 2.86. The quantitative estimate of drug-likeness (QED) is 0.797. The van der Waals surface area contributed by atoms with Gasteiger partial charge in [0.15, 0.2) is 0 Å². The van der Waals surface area contributed by atoms with Gasteiger partial charge in [-0.15, -0.1) is 0 Å². The lowest BCUT2D eigenvalue weighted by molar-refractivity contribution is 0.0398. The number of thiocarbonyl (C=S) groups is 1. The van der Waals surface area contributed by atoms with E-state index < -0.39 is 0 Å². The van der Waals surface area contributed by atoms with Crippen molar-refractivity contribution in [3.8, 4) is 0 Å². The molecule has 1 saturated heterocycles. The first kappa shape index (κ1) is 14.2. The number of hydrogen-bond donors (Lipinski definition) is 2. The molecule has 1 fully saturated rings. The van der Waals surface area contributed by atoms with Crippen LogP contribution in [0.2, 0.25) is 0 Å². The molecule has 0 aliphatic carbocycles. The Kier molecular flexibility index (Phi) is 5.13. The summed E-state index contributed by atoms with van der Waals surface area (Å²) in [7, 11) is 0. The van der Waals surface area contributed by atoms with Gasteiger partial charge in [0.2, 0.25) is 0 Å². The molecule has 0 bridgehead atoms. The number of nitrogens with one attached hydrogen (secondary N) is 1. The Labute approximate surface area is 119 Å². The topological polar surface area (TPSA) is 50.5 Å². The highest BCUT2D eigenvalue weighted by atomic mass is 32.1. The van der Waals surface area contributed by atoms with Gasteiger partial charge in [0.25, 0.3) is 0 Å². The number of benzene rings is 1. The van der Waals surface area contributed by atoms with Crippen molar-refractivity contribution in [2.75, 3.05) is 44.7 Å². The van der Waals surface area contributed by atoms with Crippen LogP contribution in [0.25, 0.3) is 0 Å². The zero-order chi connectivity index (χ0) is 13.7. The Morgan fingerprint density at radius 3 is 2.79 bits per heavy atom. The normalized spacial score (nSPS) is 16.3. The Morgan fingerprint density at radius 1 is 1.42 bits per heavy atom. The van der Waals surface area contributed by atoms with Crippen LogP contribution >= 0.6 is 12.2 Å². The molecule has 0 spiro atoms. The number of hydrogen-bond acceptors (Lipinski definition) is 4. The van der Waals surface area contributed by atoms with Gasteiger partial charge in [-0.05, 0) is 30.7 Å². The molecule has 1 aromatic rings. The third-order valence-electron chi connectivity index (χ3n) is 3.36. The molecule has 1 heterocycles. The summed E-state index contributed by atoms with van der Waals surface area (Å²) in [5.74, 6) is 0. The summed E-state index contributed by atoms with van der Waals surface area (Å²) in [5.41, 5.74) is 8.87. The van der Waals surface area contributed by atoms with Gasteiger partial charge >= 0.3 is 0 Å². The first-order valence-corrected chi connectivity index (χ1v) is 7.02. The Hall–Kier alpha value is -1.17. The maximum absolute atomic E-state index is 5.62. The van der Waals surface area contributed by atoms with E-state index >= 15 is 0 Å². The molecule has 0 radical (unpaired) electrons. The average molecular weight is 279 g/mol. The summed E-state index contributed by atoms with van der Waals surface area (Å²) < 4.78 is 5.33. The van der Waals surface area contributed by atoms with Crippen LogP contribution in [-0.2, 0) is 4.74 Å². The highest BCUT2D eigenvalue weighted by molar-refractivity contribution is 7.80. The first-order valence-electron chi connectivity index (χ1n) is 6.61. The van der Waals surface area contributed by atoms with E-state index in [0.717, 1.165) is 50.6 Å². The zero-order valence-corrected chi connectivity index (χ0v) is 12.1.